The van der Waals surface area contributed by atoms with Gasteiger partial charge in [0.05, 0.1) is 18.7 Å². The minimum absolute atomic E-state index is 0.497. The molecule has 0 aliphatic carbocycles. The molecule has 0 fully saturated rings. The molecule has 106 valence electrons. The standard InChI is InChI=1S/C18H17NO2/c1-21-16-10-7-14(8-11-16)18(20)12-15-9-6-13-4-2-3-5-17(13)19-15/h2-11,18,20H,12H2,1H3/t18-/m1/s1. The highest BCUT2D eigenvalue weighted by Crippen LogP contribution is 2.21. The average Bonchev–Trinajstić information content (AvgIpc) is 2.55. The summed E-state index contributed by atoms with van der Waals surface area (Å²) in [6.07, 6.45) is -0.0680. The van der Waals surface area contributed by atoms with E-state index in [4.69, 9.17) is 4.74 Å². The van der Waals surface area contributed by atoms with E-state index < -0.39 is 6.10 Å². The molecule has 3 heteroatoms. The second-order valence-corrected chi connectivity index (χ2v) is 4.99. The van der Waals surface area contributed by atoms with Crippen molar-refractivity contribution in [2.45, 2.75) is 12.5 Å². The molecule has 0 saturated heterocycles. The molecule has 1 aromatic heterocycles. The van der Waals surface area contributed by atoms with E-state index in [0.717, 1.165) is 27.9 Å². The van der Waals surface area contributed by atoms with Crippen molar-refractivity contribution in [2.75, 3.05) is 7.11 Å². The number of hydrogen-bond donors (Lipinski definition) is 1. The molecule has 0 bridgehead atoms. The van der Waals surface area contributed by atoms with Gasteiger partial charge in [0, 0.05) is 17.5 Å². The van der Waals surface area contributed by atoms with Gasteiger partial charge in [-0.05, 0) is 29.8 Å². The molecule has 1 atom stereocenters. The monoisotopic (exact) mass is 279 g/mol. The minimum atomic E-state index is -0.565. The van der Waals surface area contributed by atoms with Gasteiger partial charge in [-0.15, -0.1) is 0 Å². The Bertz CT molecular complexity index is 738. The Morgan fingerprint density at radius 2 is 1.76 bits per heavy atom. The Morgan fingerprint density at radius 1 is 1.00 bits per heavy atom. The van der Waals surface area contributed by atoms with Crippen LogP contribution < -0.4 is 4.74 Å². The molecule has 3 rings (SSSR count). The quantitative estimate of drug-likeness (QED) is 0.794. The highest BCUT2D eigenvalue weighted by molar-refractivity contribution is 5.78. The van der Waals surface area contributed by atoms with Crippen molar-refractivity contribution >= 4 is 10.9 Å². The molecule has 0 aliphatic rings. The van der Waals surface area contributed by atoms with Gasteiger partial charge in [0.1, 0.15) is 5.75 Å². The smallest absolute Gasteiger partial charge is 0.118 e. The fourth-order valence-corrected chi connectivity index (χ4v) is 2.36. The zero-order valence-electron chi connectivity index (χ0n) is 11.9. The predicted molar refractivity (Wildman–Crippen MR) is 83.4 cm³/mol. The maximum atomic E-state index is 10.3. The number of nitrogens with zero attached hydrogens (tertiary/aromatic N) is 1. The summed E-state index contributed by atoms with van der Waals surface area (Å²) in [6.45, 7) is 0. The molecule has 0 saturated carbocycles. The summed E-state index contributed by atoms with van der Waals surface area (Å²) >= 11 is 0. The van der Waals surface area contributed by atoms with E-state index in [0.29, 0.717) is 6.42 Å². The van der Waals surface area contributed by atoms with Crippen LogP contribution in [0.1, 0.15) is 17.4 Å². The molecule has 3 nitrogen and oxygen atoms in total. The number of ether oxygens (including phenoxy) is 1. The van der Waals surface area contributed by atoms with E-state index in [2.05, 4.69) is 4.98 Å². The zero-order valence-corrected chi connectivity index (χ0v) is 11.9. The Labute approximate surface area is 123 Å². The summed E-state index contributed by atoms with van der Waals surface area (Å²) in [4.78, 5) is 4.59. The van der Waals surface area contributed by atoms with Crippen molar-refractivity contribution in [1.82, 2.24) is 4.98 Å². The maximum absolute atomic E-state index is 10.3. The van der Waals surface area contributed by atoms with Crippen molar-refractivity contribution in [3.05, 3.63) is 71.9 Å². The summed E-state index contributed by atoms with van der Waals surface area (Å²) in [5.74, 6) is 0.787. The third kappa shape index (κ3) is 3.03. The first kappa shape index (κ1) is 13.6. The van der Waals surface area contributed by atoms with E-state index in [1.807, 2.05) is 60.7 Å². The largest absolute Gasteiger partial charge is 0.497 e. The molecule has 3 aromatic rings. The lowest BCUT2D eigenvalue weighted by molar-refractivity contribution is 0.177. The van der Waals surface area contributed by atoms with Gasteiger partial charge < -0.3 is 9.84 Å². The van der Waals surface area contributed by atoms with Gasteiger partial charge in [0.2, 0.25) is 0 Å². The molecule has 0 amide bonds. The van der Waals surface area contributed by atoms with E-state index in [1.165, 1.54) is 0 Å². The highest BCUT2D eigenvalue weighted by atomic mass is 16.5. The molecule has 1 N–H and O–H groups in total. The van der Waals surface area contributed by atoms with Gasteiger partial charge >= 0.3 is 0 Å². The number of aromatic nitrogens is 1. The van der Waals surface area contributed by atoms with Gasteiger partial charge in [-0.1, -0.05) is 36.4 Å². The predicted octanol–water partition coefficient (Wildman–Crippen LogP) is 3.52. The first-order valence-corrected chi connectivity index (χ1v) is 6.93. The van der Waals surface area contributed by atoms with Crippen LogP contribution in [0.4, 0.5) is 0 Å². The molecule has 2 aromatic carbocycles. The Hall–Kier alpha value is -2.39. The van der Waals surface area contributed by atoms with Gasteiger partial charge in [-0.3, -0.25) is 4.98 Å². The van der Waals surface area contributed by atoms with Crippen LogP contribution in [0.2, 0.25) is 0 Å². The first-order chi connectivity index (χ1) is 10.3. The average molecular weight is 279 g/mol. The third-order valence-electron chi connectivity index (χ3n) is 3.56. The van der Waals surface area contributed by atoms with Crippen LogP contribution in [0.3, 0.4) is 0 Å². The SMILES string of the molecule is COc1ccc([C@H](O)Cc2ccc3ccccc3n2)cc1. The Kier molecular flexibility index (Phi) is 3.84. The number of aliphatic hydroxyl groups is 1. The molecular formula is C18H17NO2. The van der Waals surface area contributed by atoms with Crippen LogP contribution in [-0.4, -0.2) is 17.2 Å². The summed E-state index contributed by atoms with van der Waals surface area (Å²) < 4.78 is 5.12. The van der Waals surface area contributed by atoms with Gasteiger partial charge in [0.15, 0.2) is 0 Å². The molecule has 0 unspecified atom stereocenters. The van der Waals surface area contributed by atoms with Crippen LogP contribution in [0.5, 0.6) is 5.75 Å². The minimum Gasteiger partial charge on any atom is -0.497 e. The fourth-order valence-electron chi connectivity index (χ4n) is 2.36. The number of methoxy groups -OCH3 is 1. The van der Waals surface area contributed by atoms with Crippen LogP contribution >= 0.6 is 0 Å². The van der Waals surface area contributed by atoms with Crippen LogP contribution in [0, 0.1) is 0 Å². The number of fused-ring (bicyclic) bond motifs is 1. The summed E-state index contributed by atoms with van der Waals surface area (Å²) in [5.41, 5.74) is 2.71. The molecular weight excluding hydrogens is 262 g/mol. The van der Waals surface area contributed by atoms with Crippen LogP contribution in [-0.2, 0) is 6.42 Å². The third-order valence-corrected chi connectivity index (χ3v) is 3.56. The second-order valence-electron chi connectivity index (χ2n) is 4.99. The Balaban J connectivity index is 1.79. The Morgan fingerprint density at radius 3 is 2.52 bits per heavy atom. The number of aliphatic hydroxyl groups excluding tert-OH is 1. The lowest BCUT2D eigenvalue weighted by Crippen LogP contribution is -2.03. The van der Waals surface area contributed by atoms with E-state index in [-0.39, 0.29) is 0 Å². The van der Waals surface area contributed by atoms with Crippen LogP contribution in [0.15, 0.2) is 60.7 Å². The van der Waals surface area contributed by atoms with E-state index >= 15 is 0 Å². The number of pyridine rings is 1. The number of benzene rings is 2. The summed E-state index contributed by atoms with van der Waals surface area (Å²) in [6, 6.07) is 19.5. The molecule has 21 heavy (non-hydrogen) atoms. The first-order valence-electron chi connectivity index (χ1n) is 6.93. The molecule has 1 heterocycles. The summed E-state index contributed by atoms with van der Waals surface area (Å²) in [7, 11) is 1.63. The number of rotatable bonds is 4. The fraction of sp³-hybridized carbons (Fsp3) is 0.167. The maximum Gasteiger partial charge on any atom is 0.118 e. The van der Waals surface area contributed by atoms with Gasteiger partial charge in [0.25, 0.3) is 0 Å². The van der Waals surface area contributed by atoms with Crippen molar-refractivity contribution in [2.24, 2.45) is 0 Å². The lowest BCUT2D eigenvalue weighted by Gasteiger charge is -2.11. The second kappa shape index (κ2) is 5.94. The molecule has 0 radical (unpaired) electrons. The number of para-hydroxylation sites is 1. The van der Waals surface area contributed by atoms with E-state index in [1.54, 1.807) is 7.11 Å². The lowest BCUT2D eigenvalue weighted by atomic mass is 10.0. The van der Waals surface area contributed by atoms with Crippen molar-refractivity contribution in [1.29, 1.82) is 0 Å². The van der Waals surface area contributed by atoms with E-state index in [9.17, 15) is 5.11 Å². The summed E-state index contributed by atoms with van der Waals surface area (Å²) in [5, 5.41) is 11.4. The topological polar surface area (TPSA) is 42.4 Å². The zero-order chi connectivity index (χ0) is 14.7. The highest BCUT2D eigenvalue weighted by Gasteiger charge is 2.10. The van der Waals surface area contributed by atoms with Gasteiger partial charge in [-0.25, -0.2) is 0 Å². The number of hydrogen-bond acceptors (Lipinski definition) is 3. The van der Waals surface area contributed by atoms with Crippen LogP contribution in [0.25, 0.3) is 10.9 Å². The normalized spacial score (nSPS) is 12.3. The molecule has 0 spiro atoms. The molecule has 0 aliphatic heterocycles. The van der Waals surface area contributed by atoms with Crippen molar-refractivity contribution in [3.63, 3.8) is 0 Å². The van der Waals surface area contributed by atoms with Crippen molar-refractivity contribution in [3.8, 4) is 5.75 Å². The van der Waals surface area contributed by atoms with Crippen molar-refractivity contribution < 1.29 is 9.84 Å². The van der Waals surface area contributed by atoms with Gasteiger partial charge in [-0.2, -0.15) is 0 Å².